The fourth-order valence-electron chi connectivity index (χ4n) is 3.16. The third-order valence-electron chi connectivity index (χ3n) is 5.01. The number of methoxy groups -OCH3 is 1. The van der Waals surface area contributed by atoms with Crippen LogP contribution in [0.4, 0.5) is 5.69 Å². The van der Waals surface area contributed by atoms with Gasteiger partial charge in [-0.15, -0.1) is 11.3 Å². The van der Waals surface area contributed by atoms with E-state index in [2.05, 4.69) is 16.9 Å². The number of benzene rings is 2. The van der Waals surface area contributed by atoms with E-state index in [1.165, 1.54) is 18.4 Å². The van der Waals surface area contributed by atoms with Crippen LogP contribution >= 0.6 is 11.3 Å². The highest BCUT2D eigenvalue weighted by atomic mass is 32.2. The van der Waals surface area contributed by atoms with Crippen molar-refractivity contribution in [2.45, 2.75) is 37.6 Å². The molecule has 3 rings (SSSR count). The van der Waals surface area contributed by atoms with Gasteiger partial charge in [0, 0.05) is 26.0 Å². The molecule has 166 valence electrons. The molecule has 0 aliphatic rings. The Morgan fingerprint density at radius 3 is 2.29 bits per heavy atom. The van der Waals surface area contributed by atoms with Crippen LogP contribution in [-0.2, 0) is 16.6 Å². The Morgan fingerprint density at radius 1 is 1.03 bits per heavy atom. The Hall–Kier alpha value is -2.42. The smallest absolute Gasteiger partial charge is 0.242 e. The van der Waals surface area contributed by atoms with E-state index in [1.54, 1.807) is 30.6 Å². The molecule has 3 aromatic rings. The summed E-state index contributed by atoms with van der Waals surface area (Å²) >= 11 is 1.59. The zero-order valence-corrected chi connectivity index (χ0v) is 20.0. The molecule has 2 aromatic carbocycles. The molecule has 0 fully saturated rings. The number of nitrogens with zero attached hydrogens (tertiary/aromatic N) is 3. The van der Waals surface area contributed by atoms with Crippen molar-refractivity contribution in [3.8, 4) is 17.0 Å². The molecule has 0 aliphatic heterocycles. The largest absolute Gasteiger partial charge is 0.497 e. The zero-order valence-electron chi connectivity index (χ0n) is 18.4. The predicted octanol–water partition coefficient (Wildman–Crippen LogP) is 4.90. The van der Waals surface area contributed by atoms with E-state index in [4.69, 9.17) is 9.73 Å². The number of sulfonamides is 1. The van der Waals surface area contributed by atoms with E-state index in [0.717, 1.165) is 53.3 Å². The summed E-state index contributed by atoms with van der Waals surface area (Å²) in [5.74, 6) is 0.800. The summed E-state index contributed by atoms with van der Waals surface area (Å²) in [6.07, 6.45) is 3.34. The van der Waals surface area contributed by atoms with E-state index < -0.39 is 10.0 Å². The molecule has 0 amide bonds. The molecule has 0 saturated carbocycles. The van der Waals surface area contributed by atoms with E-state index in [1.807, 2.05) is 36.4 Å². The molecule has 0 atom stereocenters. The van der Waals surface area contributed by atoms with Crippen molar-refractivity contribution >= 4 is 27.0 Å². The Labute approximate surface area is 188 Å². The van der Waals surface area contributed by atoms with E-state index in [0.29, 0.717) is 0 Å². The molecule has 0 N–H and O–H groups in total. The van der Waals surface area contributed by atoms with E-state index in [9.17, 15) is 8.42 Å². The molecule has 0 saturated heterocycles. The van der Waals surface area contributed by atoms with Crippen molar-refractivity contribution in [3.05, 3.63) is 58.7 Å². The first-order valence-electron chi connectivity index (χ1n) is 10.3. The van der Waals surface area contributed by atoms with Gasteiger partial charge in [-0.25, -0.2) is 17.7 Å². The molecular formula is C23H29N3O3S2. The van der Waals surface area contributed by atoms with Crippen LogP contribution in [0.3, 0.4) is 0 Å². The maximum atomic E-state index is 12.4. The molecule has 1 heterocycles. The lowest BCUT2D eigenvalue weighted by Crippen LogP contribution is -2.22. The predicted molar refractivity (Wildman–Crippen MR) is 126 cm³/mol. The Kier molecular flexibility index (Phi) is 7.69. The van der Waals surface area contributed by atoms with Gasteiger partial charge in [-0.3, -0.25) is 0 Å². The lowest BCUT2D eigenvalue weighted by Gasteiger charge is -2.12. The Balaban J connectivity index is 2.01. The summed E-state index contributed by atoms with van der Waals surface area (Å²) < 4.78 is 33.4. The van der Waals surface area contributed by atoms with Crippen LogP contribution in [0.2, 0.25) is 0 Å². The molecule has 1 aromatic heterocycles. The standard InChI is InChI=1S/C23H29N3O3S2/c1-5-6-7-16-26-22(18-8-14-21(15-9-18)31(27,28)25(2)3)17-30-23(26)24-19-10-12-20(29-4)13-11-19/h8-15,17H,5-7,16H2,1-4H3. The summed E-state index contributed by atoms with van der Waals surface area (Å²) in [6.45, 7) is 3.05. The minimum Gasteiger partial charge on any atom is -0.497 e. The second kappa shape index (κ2) is 10.3. The lowest BCUT2D eigenvalue weighted by molar-refractivity contribution is 0.415. The van der Waals surface area contributed by atoms with Gasteiger partial charge in [-0.05, 0) is 48.4 Å². The van der Waals surface area contributed by atoms with Crippen LogP contribution in [0.1, 0.15) is 26.2 Å². The summed E-state index contributed by atoms with van der Waals surface area (Å²) in [7, 11) is 1.28. The zero-order chi connectivity index (χ0) is 22.4. The highest BCUT2D eigenvalue weighted by Gasteiger charge is 2.17. The number of thiazole rings is 1. The quantitative estimate of drug-likeness (QED) is 0.428. The van der Waals surface area contributed by atoms with Crippen molar-refractivity contribution in [2.75, 3.05) is 21.2 Å². The third-order valence-corrected chi connectivity index (χ3v) is 7.70. The lowest BCUT2D eigenvalue weighted by atomic mass is 10.1. The van der Waals surface area contributed by atoms with Crippen LogP contribution in [0.15, 0.2) is 63.8 Å². The SMILES string of the molecule is CCCCCn1c(-c2ccc(S(=O)(=O)N(C)C)cc2)csc1=Nc1ccc(OC)cc1. The second-order valence-electron chi connectivity index (χ2n) is 7.38. The van der Waals surface area contributed by atoms with Gasteiger partial charge in [0.15, 0.2) is 4.80 Å². The number of aromatic nitrogens is 1. The van der Waals surface area contributed by atoms with Crippen LogP contribution in [0.25, 0.3) is 11.3 Å². The molecule has 0 aliphatic carbocycles. The Morgan fingerprint density at radius 2 is 1.71 bits per heavy atom. The molecule has 0 spiro atoms. The van der Waals surface area contributed by atoms with E-state index >= 15 is 0 Å². The molecule has 8 heteroatoms. The average Bonchev–Trinajstić information content (AvgIpc) is 3.16. The second-order valence-corrected chi connectivity index (χ2v) is 10.4. The van der Waals surface area contributed by atoms with Gasteiger partial charge in [0.1, 0.15) is 5.75 Å². The number of rotatable bonds is 9. The van der Waals surface area contributed by atoms with Crippen molar-refractivity contribution in [1.29, 1.82) is 0 Å². The summed E-state index contributed by atoms with van der Waals surface area (Å²) in [5, 5.41) is 2.09. The monoisotopic (exact) mass is 459 g/mol. The number of hydrogen-bond acceptors (Lipinski definition) is 5. The fraction of sp³-hybridized carbons (Fsp3) is 0.348. The highest BCUT2D eigenvalue weighted by Crippen LogP contribution is 2.24. The van der Waals surface area contributed by atoms with Crippen molar-refractivity contribution in [2.24, 2.45) is 4.99 Å². The van der Waals surface area contributed by atoms with Gasteiger partial charge >= 0.3 is 0 Å². The van der Waals surface area contributed by atoms with Crippen molar-refractivity contribution in [3.63, 3.8) is 0 Å². The molecule has 0 bridgehead atoms. The fourth-order valence-corrected chi connectivity index (χ4v) is 5.02. The van der Waals surface area contributed by atoms with Crippen molar-refractivity contribution < 1.29 is 13.2 Å². The molecular weight excluding hydrogens is 430 g/mol. The van der Waals surface area contributed by atoms with Crippen molar-refractivity contribution in [1.82, 2.24) is 8.87 Å². The minimum atomic E-state index is -3.44. The third kappa shape index (κ3) is 5.44. The first kappa shape index (κ1) is 23.2. The summed E-state index contributed by atoms with van der Waals surface area (Å²) in [6, 6.07) is 14.7. The first-order chi connectivity index (χ1) is 14.9. The molecule has 0 radical (unpaired) electrons. The number of unbranched alkanes of at least 4 members (excludes halogenated alkanes) is 2. The van der Waals surface area contributed by atoms with Crippen LogP contribution < -0.4 is 9.54 Å². The molecule has 0 unspecified atom stereocenters. The number of hydrogen-bond donors (Lipinski definition) is 0. The normalized spacial score (nSPS) is 12.5. The topological polar surface area (TPSA) is 63.9 Å². The van der Waals surface area contributed by atoms with Crippen LogP contribution in [0.5, 0.6) is 5.75 Å². The summed E-state index contributed by atoms with van der Waals surface area (Å²) in [4.78, 5) is 6.05. The van der Waals surface area contributed by atoms with Gasteiger partial charge < -0.3 is 9.30 Å². The van der Waals surface area contributed by atoms with Gasteiger partial charge in [-0.2, -0.15) is 0 Å². The van der Waals surface area contributed by atoms with Gasteiger partial charge in [0.05, 0.1) is 23.4 Å². The van der Waals surface area contributed by atoms with Crippen LogP contribution in [0, 0.1) is 0 Å². The first-order valence-corrected chi connectivity index (χ1v) is 12.6. The average molecular weight is 460 g/mol. The summed E-state index contributed by atoms with van der Waals surface area (Å²) in [5.41, 5.74) is 2.88. The molecule has 31 heavy (non-hydrogen) atoms. The highest BCUT2D eigenvalue weighted by molar-refractivity contribution is 7.89. The van der Waals surface area contributed by atoms with Crippen LogP contribution in [-0.4, -0.2) is 38.5 Å². The Bertz CT molecular complexity index is 1160. The van der Waals surface area contributed by atoms with Gasteiger partial charge in [0.25, 0.3) is 0 Å². The number of ether oxygens (including phenoxy) is 1. The minimum absolute atomic E-state index is 0.289. The maximum absolute atomic E-state index is 12.4. The van der Waals surface area contributed by atoms with Gasteiger partial charge in [-0.1, -0.05) is 31.9 Å². The van der Waals surface area contributed by atoms with Gasteiger partial charge in [0.2, 0.25) is 10.0 Å². The van der Waals surface area contributed by atoms with E-state index in [-0.39, 0.29) is 4.90 Å². The maximum Gasteiger partial charge on any atom is 0.242 e. The molecule has 6 nitrogen and oxygen atoms in total.